The van der Waals surface area contributed by atoms with Crippen LogP contribution in [0, 0.1) is 11.7 Å². The lowest BCUT2D eigenvalue weighted by Gasteiger charge is -2.22. The van der Waals surface area contributed by atoms with Crippen molar-refractivity contribution in [1.29, 1.82) is 0 Å². The fraction of sp³-hybridized carbons (Fsp3) is 0.500. The predicted octanol–water partition coefficient (Wildman–Crippen LogP) is 2.31. The van der Waals surface area contributed by atoms with E-state index in [1.807, 2.05) is 6.92 Å². The Labute approximate surface area is 107 Å². The number of hydrogen-bond acceptors (Lipinski definition) is 2. The molecule has 0 spiro atoms. The molecule has 0 aromatic heterocycles. The predicted molar refractivity (Wildman–Crippen MR) is 69.7 cm³/mol. The van der Waals surface area contributed by atoms with Gasteiger partial charge in [-0.15, -0.1) is 0 Å². The first-order valence-corrected chi connectivity index (χ1v) is 6.43. The molecule has 1 aliphatic carbocycles. The van der Waals surface area contributed by atoms with Gasteiger partial charge in [0, 0.05) is 24.7 Å². The smallest absolute Gasteiger partial charge is 0.228 e. The first-order valence-electron chi connectivity index (χ1n) is 6.43. The maximum absolute atomic E-state index is 13.2. The van der Waals surface area contributed by atoms with E-state index in [2.05, 4.69) is 0 Å². The molecule has 1 fully saturated rings. The number of carbonyl (C=O) groups excluding carboxylic acids is 1. The van der Waals surface area contributed by atoms with Crippen molar-refractivity contribution in [2.24, 2.45) is 11.7 Å². The Morgan fingerprint density at radius 1 is 1.56 bits per heavy atom. The molecule has 1 atom stereocenters. The van der Waals surface area contributed by atoms with Crippen molar-refractivity contribution in [2.75, 3.05) is 11.4 Å². The summed E-state index contributed by atoms with van der Waals surface area (Å²) in [4.78, 5) is 13.7. The molecule has 0 aliphatic heterocycles. The second-order valence-electron chi connectivity index (χ2n) is 4.82. The van der Waals surface area contributed by atoms with Crippen LogP contribution >= 0.6 is 0 Å². The van der Waals surface area contributed by atoms with Crippen LogP contribution in [0.5, 0.6) is 0 Å². The van der Waals surface area contributed by atoms with Crippen molar-refractivity contribution >= 4 is 11.6 Å². The van der Waals surface area contributed by atoms with Gasteiger partial charge in [0.05, 0.1) is 0 Å². The molecule has 1 aliphatic rings. The number of rotatable bonds is 5. The van der Waals surface area contributed by atoms with E-state index in [4.69, 9.17) is 5.73 Å². The molecule has 1 aromatic carbocycles. The van der Waals surface area contributed by atoms with Gasteiger partial charge >= 0.3 is 0 Å². The lowest BCUT2D eigenvalue weighted by molar-refractivity contribution is -0.119. The first-order chi connectivity index (χ1) is 8.61. The average molecular weight is 250 g/mol. The van der Waals surface area contributed by atoms with Crippen LogP contribution in [0.2, 0.25) is 0 Å². The van der Waals surface area contributed by atoms with Crippen LogP contribution in [0.15, 0.2) is 24.3 Å². The fourth-order valence-corrected chi connectivity index (χ4v) is 2.15. The average Bonchev–Trinajstić information content (AvgIpc) is 3.13. The van der Waals surface area contributed by atoms with Gasteiger partial charge in [-0.05, 0) is 43.9 Å². The summed E-state index contributed by atoms with van der Waals surface area (Å²) in [5.74, 6) is 0.146. The summed E-state index contributed by atoms with van der Waals surface area (Å²) in [6.07, 6.45) is 2.59. The molecule has 1 saturated carbocycles. The van der Waals surface area contributed by atoms with Crippen LogP contribution < -0.4 is 10.6 Å². The van der Waals surface area contributed by atoms with Crippen molar-refractivity contribution in [3.05, 3.63) is 30.1 Å². The molecule has 1 unspecified atom stereocenters. The summed E-state index contributed by atoms with van der Waals surface area (Å²) in [6, 6.07) is 6.05. The molecule has 1 amide bonds. The minimum Gasteiger partial charge on any atom is -0.327 e. The van der Waals surface area contributed by atoms with Gasteiger partial charge in [0.2, 0.25) is 5.91 Å². The topological polar surface area (TPSA) is 46.3 Å². The molecule has 2 rings (SSSR count). The Morgan fingerprint density at radius 2 is 2.28 bits per heavy atom. The fourth-order valence-electron chi connectivity index (χ4n) is 2.15. The molecule has 0 bridgehead atoms. The molecule has 2 N–H and O–H groups in total. The van der Waals surface area contributed by atoms with Gasteiger partial charge in [0.1, 0.15) is 5.82 Å². The second-order valence-corrected chi connectivity index (χ2v) is 4.82. The van der Waals surface area contributed by atoms with E-state index in [0.717, 1.165) is 12.8 Å². The monoisotopic (exact) mass is 250 g/mol. The molecule has 4 heteroatoms. The van der Waals surface area contributed by atoms with Crippen LogP contribution in [-0.4, -0.2) is 18.5 Å². The van der Waals surface area contributed by atoms with E-state index >= 15 is 0 Å². The van der Waals surface area contributed by atoms with Crippen molar-refractivity contribution < 1.29 is 9.18 Å². The summed E-state index contributed by atoms with van der Waals surface area (Å²) >= 11 is 0. The van der Waals surface area contributed by atoms with Crippen molar-refractivity contribution in [3.8, 4) is 0 Å². The lowest BCUT2D eigenvalue weighted by atomic mass is 10.1. The summed E-state index contributed by atoms with van der Waals surface area (Å²) < 4.78 is 13.2. The van der Waals surface area contributed by atoms with E-state index in [0.29, 0.717) is 24.6 Å². The quantitative estimate of drug-likeness (QED) is 0.871. The minimum absolute atomic E-state index is 0.0255. The number of anilines is 1. The van der Waals surface area contributed by atoms with Gasteiger partial charge in [-0.1, -0.05) is 6.07 Å². The maximum Gasteiger partial charge on any atom is 0.228 e. The van der Waals surface area contributed by atoms with Gasteiger partial charge < -0.3 is 10.6 Å². The number of halogens is 1. The van der Waals surface area contributed by atoms with Gasteiger partial charge in [0.25, 0.3) is 0 Å². The number of amides is 1. The highest BCUT2D eigenvalue weighted by Gasteiger charge is 2.31. The van der Waals surface area contributed by atoms with Crippen LogP contribution in [-0.2, 0) is 4.79 Å². The van der Waals surface area contributed by atoms with Crippen molar-refractivity contribution in [1.82, 2.24) is 0 Å². The Hall–Kier alpha value is -1.42. The Morgan fingerprint density at radius 3 is 2.83 bits per heavy atom. The zero-order valence-corrected chi connectivity index (χ0v) is 10.6. The SMILES string of the molecule is CCN(C(=O)CC(N)C1CC1)c1cccc(F)c1. The van der Waals surface area contributed by atoms with Crippen molar-refractivity contribution in [3.63, 3.8) is 0 Å². The molecule has 3 nitrogen and oxygen atoms in total. The summed E-state index contributed by atoms with van der Waals surface area (Å²) in [5.41, 5.74) is 6.56. The zero-order valence-electron chi connectivity index (χ0n) is 10.6. The molecule has 1 aromatic rings. The minimum atomic E-state index is -0.328. The zero-order chi connectivity index (χ0) is 13.1. The number of carbonyl (C=O) groups is 1. The van der Waals surface area contributed by atoms with Crippen LogP contribution in [0.4, 0.5) is 10.1 Å². The van der Waals surface area contributed by atoms with Gasteiger partial charge in [-0.2, -0.15) is 0 Å². The number of nitrogens with zero attached hydrogens (tertiary/aromatic N) is 1. The normalized spacial score (nSPS) is 16.4. The second kappa shape index (κ2) is 5.48. The van der Waals surface area contributed by atoms with Crippen LogP contribution in [0.3, 0.4) is 0 Å². The molecule has 0 heterocycles. The Bertz CT molecular complexity index is 432. The third-order valence-electron chi connectivity index (χ3n) is 3.37. The van der Waals surface area contributed by atoms with Crippen LogP contribution in [0.1, 0.15) is 26.2 Å². The number of hydrogen-bond donors (Lipinski definition) is 1. The molecule has 0 radical (unpaired) electrons. The first kappa shape index (κ1) is 13.0. The summed E-state index contributed by atoms with van der Waals surface area (Å²) in [6.45, 7) is 2.41. The summed E-state index contributed by atoms with van der Waals surface area (Å²) in [7, 11) is 0. The standard InChI is InChI=1S/C14H19FN2O/c1-2-17(12-5-3-4-11(15)8-12)14(18)9-13(16)10-6-7-10/h3-5,8,10,13H,2,6-7,9,16H2,1H3. The highest BCUT2D eigenvalue weighted by atomic mass is 19.1. The maximum atomic E-state index is 13.2. The van der Waals surface area contributed by atoms with E-state index in [-0.39, 0.29) is 17.8 Å². The number of benzene rings is 1. The molecule has 18 heavy (non-hydrogen) atoms. The van der Waals surface area contributed by atoms with E-state index < -0.39 is 0 Å². The van der Waals surface area contributed by atoms with Gasteiger partial charge in [-0.25, -0.2) is 4.39 Å². The largest absolute Gasteiger partial charge is 0.327 e. The van der Waals surface area contributed by atoms with E-state index in [1.54, 1.807) is 17.0 Å². The van der Waals surface area contributed by atoms with E-state index in [1.165, 1.54) is 12.1 Å². The highest BCUT2D eigenvalue weighted by Crippen LogP contribution is 2.33. The third kappa shape index (κ3) is 3.07. The number of nitrogens with two attached hydrogens (primary N) is 1. The lowest BCUT2D eigenvalue weighted by Crippen LogP contribution is -2.36. The van der Waals surface area contributed by atoms with Crippen molar-refractivity contribution in [2.45, 2.75) is 32.2 Å². The molecular weight excluding hydrogens is 231 g/mol. The van der Waals surface area contributed by atoms with Crippen LogP contribution in [0.25, 0.3) is 0 Å². The van der Waals surface area contributed by atoms with Gasteiger partial charge in [0.15, 0.2) is 0 Å². The van der Waals surface area contributed by atoms with E-state index in [9.17, 15) is 9.18 Å². The highest BCUT2D eigenvalue weighted by molar-refractivity contribution is 5.93. The Balaban J connectivity index is 2.05. The van der Waals surface area contributed by atoms with Gasteiger partial charge in [-0.3, -0.25) is 4.79 Å². The third-order valence-corrected chi connectivity index (χ3v) is 3.37. The Kier molecular flexibility index (Phi) is 3.97. The molecular formula is C14H19FN2O. The molecule has 98 valence electrons. The summed E-state index contributed by atoms with van der Waals surface area (Å²) in [5, 5.41) is 0. The molecule has 0 saturated heterocycles.